The Labute approximate surface area is 126 Å². The van der Waals surface area contributed by atoms with Crippen molar-refractivity contribution in [3.63, 3.8) is 0 Å². The Kier molecular flexibility index (Phi) is 4.60. The number of benzene rings is 1. The average molecular weight is 390 g/mol. The Hall–Kier alpha value is -1.34. The number of halogens is 2. The quantitative estimate of drug-likeness (QED) is 0.813. The third-order valence-corrected chi connectivity index (χ3v) is 3.51. The van der Waals surface area contributed by atoms with Crippen molar-refractivity contribution in [2.24, 2.45) is 0 Å². The van der Waals surface area contributed by atoms with E-state index in [-0.39, 0.29) is 0 Å². The zero-order chi connectivity index (χ0) is 13.8. The molecule has 1 amide bonds. The molecule has 0 fully saturated rings. The van der Waals surface area contributed by atoms with Crippen molar-refractivity contribution in [2.75, 3.05) is 0 Å². The lowest BCUT2D eigenvalue weighted by molar-refractivity contribution is 0.0756. The smallest absolute Gasteiger partial charge is 0.289 e. The molecule has 0 unspecified atom stereocenters. The van der Waals surface area contributed by atoms with Gasteiger partial charge in [0.15, 0.2) is 5.75 Å². The molecule has 0 spiro atoms. The first-order chi connectivity index (χ1) is 9.11. The van der Waals surface area contributed by atoms with E-state index in [1.807, 2.05) is 19.1 Å². The molecule has 0 aliphatic carbocycles. The van der Waals surface area contributed by atoms with Gasteiger partial charge in [0, 0.05) is 10.9 Å². The molecule has 2 aromatic rings. The van der Waals surface area contributed by atoms with Crippen LogP contribution in [0.2, 0.25) is 0 Å². The maximum Gasteiger partial charge on any atom is 0.289 e. The Morgan fingerprint density at radius 3 is 3.00 bits per heavy atom. The molecule has 1 aromatic heterocycles. The molecule has 1 N–H and O–H groups in total. The minimum absolute atomic E-state index is 0.369. The van der Waals surface area contributed by atoms with E-state index in [0.29, 0.717) is 23.5 Å². The van der Waals surface area contributed by atoms with Gasteiger partial charge in [-0.2, -0.15) is 5.48 Å². The summed E-state index contributed by atoms with van der Waals surface area (Å²) < 4.78 is 6.53. The molecule has 0 aliphatic heterocycles. The highest BCUT2D eigenvalue weighted by molar-refractivity contribution is 9.11. The van der Waals surface area contributed by atoms with Crippen LogP contribution in [0.3, 0.4) is 0 Å². The summed E-state index contributed by atoms with van der Waals surface area (Å²) in [7, 11) is 0. The minimum Gasteiger partial charge on any atom is -0.378 e. The van der Waals surface area contributed by atoms with Crippen LogP contribution in [-0.2, 0) is 6.42 Å². The molecule has 0 aliphatic rings. The summed E-state index contributed by atoms with van der Waals surface area (Å²) in [5, 5.41) is 3.59. The summed E-state index contributed by atoms with van der Waals surface area (Å²) in [6.45, 7) is 1.88. The van der Waals surface area contributed by atoms with Gasteiger partial charge in [-0.15, -0.1) is 0 Å². The van der Waals surface area contributed by atoms with Gasteiger partial charge in [0.25, 0.3) is 5.91 Å². The van der Waals surface area contributed by atoms with Crippen LogP contribution in [0.25, 0.3) is 0 Å². The van der Waals surface area contributed by atoms with Gasteiger partial charge in [0.2, 0.25) is 0 Å². The van der Waals surface area contributed by atoms with Crippen LogP contribution in [0.5, 0.6) is 5.75 Å². The average Bonchev–Trinajstić information content (AvgIpc) is 2.88. The van der Waals surface area contributed by atoms with Crippen molar-refractivity contribution in [1.29, 1.82) is 0 Å². The largest absolute Gasteiger partial charge is 0.378 e. The van der Waals surface area contributed by atoms with Gasteiger partial charge < -0.3 is 9.36 Å². The van der Waals surface area contributed by atoms with Crippen molar-refractivity contribution >= 4 is 37.8 Å². The molecule has 7 heteroatoms. The first-order valence-corrected chi connectivity index (χ1v) is 7.06. The molecule has 100 valence electrons. The highest BCUT2D eigenvalue weighted by Gasteiger charge is 2.15. The molecule has 2 rings (SSSR count). The van der Waals surface area contributed by atoms with Crippen molar-refractivity contribution < 1.29 is 14.2 Å². The Morgan fingerprint density at radius 2 is 2.26 bits per heavy atom. The fraction of sp³-hybridized carbons (Fsp3) is 0.167. The molecule has 5 nitrogen and oxygen atoms in total. The number of amides is 1. The number of hydrogen-bond acceptors (Lipinski definition) is 4. The van der Waals surface area contributed by atoms with Crippen molar-refractivity contribution in [1.82, 2.24) is 10.6 Å². The predicted molar refractivity (Wildman–Crippen MR) is 75.8 cm³/mol. The van der Waals surface area contributed by atoms with E-state index in [1.165, 1.54) is 6.20 Å². The van der Waals surface area contributed by atoms with Crippen molar-refractivity contribution in [3.05, 3.63) is 44.7 Å². The monoisotopic (exact) mass is 388 g/mol. The molecule has 0 atom stereocenters. The van der Waals surface area contributed by atoms with Gasteiger partial charge in [0.1, 0.15) is 11.3 Å². The molecule has 1 aromatic carbocycles. The van der Waals surface area contributed by atoms with Gasteiger partial charge in [-0.05, 0) is 34.1 Å². The lowest BCUT2D eigenvalue weighted by Gasteiger charge is -2.08. The number of carbonyl (C=O) groups excluding carboxylic acids is 1. The summed E-state index contributed by atoms with van der Waals surface area (Å²) in [6.07, 6.45) is 1.96. The van der Waals surface area contributed by atoms with Crippen LogP contribution in [0.1, 0.15) is 23.0 Å². The molecule has 0 bridgehead atoms. The minimum atomic E-state index is -0.398. The SMILES string of the molecule is CCc1oncc1C(=O)NOc1cc(Br)ccc1Br. The van der Waals surface area contributed by atoms with Gasteiger partial charge >= 0.3 is 0 Å². The van der Waals surface area contributed by atoms with E-state index in [4.69, 9.17) is 9.36 Å². The third kappa shape index (κ3) is 3.36. The Bertz CT molecular complexity index is 598. The summed E-state index contributed by atoms with van der Waals surface area (Å²) in [5.41, 5.74) is 2.72. The summed E-state index contributed by atoms with van der Waals surface area (Å²) in [6, 6.07) is 5.40. The van der Waals surface area contributed by atoms with E-state index in [0.717, 1.165) is 8.95 Å². The van der Waals surface area contributed by atoms with Crippen molar-refractivity contribution in [2.45, 2.75) is 13.3 Å². The van der Waals surface area contributed by atoms with Gasteiger partial charge in [-0.25, -0.2) is 0 Å². The molecule has 19 heavy (non-hydrogen) atoms. The van der Waals surface area contributed by atoms with Crippen LogP contribution in [-0.4, -0.2) is 11.1 Å². The first kappa shape index (κ1) is 14.1. The molecule has 1 heterocycles. The lowest BCUT2D eigenvalue weighted by Crippen LogP contribution is -2.27. The summed E-state index contributed by atoms with van der Waals surface area (Å²) in [4.78, 5) is 17.1. The zero-order valence-electron chi connectivity index (χ0n) is 9.94. The van der Waals surface area contributed by atoms with Crippen LogP contribution in [0.4, 0.5) is 0 Å². The highest BCUT2D eigenvalue weighted by atomic mass is 79.9. The summed E-state index contributed by atoms with van der Waals surface area (Å²) in [5.74, 6) is 0.622. The number of hydroxylamine groups is 1. The second-order valence-corrected chi connectivity index (χ2v) is 5.39. The van der Waals surface area contributed by atoms with Gasteiger partial charge in [-0.1, -0.05) is 28.0 Å². The number of nitrogens with one attached hydrogen (secondary N) is 1. The number of nitrogens with zero attached hydrogens (tertiary/aromatic N) is 1. The zero-order valence-corrected chi connectivity index (χ0v) is 13.1. The molecular formula is C12H10Br2N2O3. The molecule has 0 saturated carbocycles. The maximum absolute atomic E-state index is 11.9. The lowest BCUT2D eigenvalue weighted by atomic mass is 10.2. The number of aryl methyl sites for hydroxylation is 1. The topological polar surface area (TPSA) is 64.4 Å². The van der Waals surface area contributed by atoms with E-state index in [1.54, 1.807) is 6.07 Å². The maximum atomic E-state index is 11.9. The van der Waals surface area contributed by atoms with E-state index in [9.17, 15) is 4.79 Å². The number of hydrogen-bond donors (Lipinski definition) is 1. The van der Waals surface area contributed by atoms with E-state index >= 15 is 0 Å². The number of aromatic nitrogens is 1. The van der Waals surface area contributed by atoms with Crippen LogP contribution >= 0.6 is 31.9 Å². The second kappa shape index (κ2) is 6.21. The second-order valence-electron chi connectivity index (χ2n) is 3.62. The van der Waals surface area contributed by atoms with Crippen LogP contribution < -0.4 is 10.3 Å². The van der Waals surface area contributed by atoms with E-state index in [2.05, 4.69) is 42.5 Å². The third-order valence-electron chi connectivity index (χ3n) is 2.36. The predicted octanol–water partition coefficient (Wildman–Crippen LogP) is 3.49. The fourth-order valence-electron chi connectivity index (χ4n) is 1.42. The molecular weight excluding hydrogens is 380 g/mol. The Morgan fingerprint density at radius 1 is 1.47 bits per heavy atom. The Balaban J connectivity index is 2.06. The normalized spacial score (nSPS) is 10.3. The van der Waals surface area contributed by atoms with Crippen LogP contribution in [0.15, 0.2) is 37.9 Å². The summed E-state index contributed by atoms with van der Waals surface area (Å²) >= 11 is 6.66. The fourth-order valence-corrected chi connectivity index (χ4v) is 2.08. The molecule has 0 radical (unpaired) electrons. The standard InChI is InChI=1S/C12H10Br2N2O3/c1-2-10-8(6-15-18-10)12(17)16-19-11-5-7(13)3-4-9(11)14/h3-6H,2H2,1H3,(H,16,17). The number of rotatable bonds is 4. The number of carbonyl (C=O) groups is 1. The van der Waals surface area contributed by atoms with E-state index < -0.39 is 5.91 Å². The van der Waals surface area contributed by atoms with Gasteiger partial charge in [-0.3, -0.25) is 4.79 Å². The van der Waals surface area contributed by atoms with Gasteiger partial charge in [0.05, 0.1) is 10.7 Å². The van der Waals surface area contributed by atoms with Crippen molar-refractivity contribution in [3.8, 4) is 5.75 Å². The molecule has 0 saturated heterocycles. The first-order valence-electron chi connectivity index (χ1n) is 5.47. The highest BCUT2D eigenvalue weighted by Crippen LogP contribution is 2.27. The van der Waals surface area contributed by atoms with Crippen LogP contribution in [0, 0.1) is 0 Å².